The normalized spacial score (nSPS) is 15.5. The molecule has 0 bridgehead atoms. The molecule has 4 nitrogen and oxygen atoms in total. The van der Waals surface area contributed by atoms with Gasteiger partial charge < -0.3 is 9.88 Å². The van der Waals surface area contributed by atoms with Crippen molar-refractivity contribution in [3.8, 4) is 0 Å². The number of nitrogens with one attached hydrogen (secondary N) is 1. The van der Waals surface area contributed by atoms with Crippen LogP contribution in [0.4, 0.5) is 4.39 Å². The summed E-state index contributed by atoms with van der Waals surface area (Å²) in [6, 6.07) is 12.5. The second kappa shape index (κ2) is 8.05. The average Bonchev–Trinajstić information content (AvgIpc) is 3.06. The Morgan fingerprint density at radius 2 is 1.88 bits per heavy atom. The molecule has 0 saturated heterocycles. The number of fused-ring (bicyclic) bond motifs is 3. The van der Waals surface area contributed by atoms with Gasteiger partial charge in [0.05, 0.1) is 11.3 Å². The molecule has 32 heavy (non-hydrogen) atoms. The number of halogens is 1. The van der Waals surface area contributed by atoms with Crippen LogP contribution in [0.15, 0.2) is 48.7 Å². The maximum atomic E-state index is 14.2. The molecular formula is C27H29FN2O2. The number of aromatic nitrogens is 1. The minimum atomic E-state index is -0.440. The summed E-state index contributed by atoms with van der Waals surface area (Å²) in [6.07, 6.45) is 2.04. The van der Waals surface area contributed by atoms with Crippen LogP contribution in [0.5, 0.6) is 0 Å². The molecule has 1 aromatic heterocycles. The first-order chi connectivity index (χ1) is 15.1. The number of aromatic amines is 1. The number of nitrogens with zero attached hydrogens (tertiary/aromatic N) is 1. The monoisotopic (exact) mass is 432 g/mol. The smallest absolute Gasteiger partial charge is 0.257 e. The Hall–Kier alpha value is -3.21. The zero-order chi connectivity index (χ0) is 23.2. The number of amides is 1. The Morgan fingerprint density at radius 1 is 1.16 bits per heavy atom. The lowest BCUT2D eigenvalue weighted by molar-refractivity contribution is -0.114. The number of H-pyrrole nitrogens is 1. The molecule has 1 aliphatic heterocycles. The van der Waals surface area contributed by atoms with Crippen LogP contribution >= 0.6 is 0 Å². The Labute approximate surface area is 188 Å². The fourth-order valence-corrected chi connectivity index (χ4v) is 4.53. The van der Waals surface area contributed by atoms with Crippen LogP contribution in [-0.4, -0.2) is 28.1 Å². The molecule has 0 radical (unpaired) electrons. The fourth-order valence-electron chi connectivity index (χ4n) is 4.53. The summed E-state index contributed by atoms with van der Waals surface area (Å²) in [5.41, 5.74) is 3.58. The minimum Gasteiger partial charge on any atom is -0.354 e. The van der Waals surface area contributed by atoms with E-state index in [0.29, 0.717) is 24.1 Å². The van der Waals surface area contributed by atoms with Crippen molar-refractivity contribution in [1.82, 2.24) is 9.88 Å². The molecule has 0 atom stereocenters. The summed E-state index contributed by atoms with van der Waals surface area (Å²) >= 11 is 0. The van der Waals surface area contributed by atoms with Crippen molar-refractivity contribution < 1.29 is 14.0 Å². The van der Waals surface area contributed by atoms with Gasteiger partial charge in [-0.15, -0.1) is 0 Å². The van der Waals surface area contributed by atoms with Crippen LogP contribution in [0.1, 0.15) is 61.3 Å². The van der Waals surface area contributed by atoms with E-state index < -0.39 is 11.2 Å². The lowest BCUT2D eigenvalue weighted by Crippen LogP contribution is -2.37. The first kappa shape index (κ1) is 22.0. The number of ketones is 1. The van der Waals surface area contributed by atoms with Crippen molar-refractivity contribution in [2.75, 3.05) is 6.54 Å². The van der Waals surface area contributed by atoms with Gasteiger partial charge in [-0.1, -0.05) is 52.0 Å². The summed E-state index contributed by atoms with van der Waals surface area (Å²) in [5.74, 6) is -0.566. The highest BCUT2D eigenvalue weighted by atomic mass is 19.1. The Bertz CT molecular complexity index is 1250. The summed E-state index contributed by atoms with van der Waals surface area (Å²) in [7, 11) is 0. The second-order valence-corrected chi connectivity index (χ2v) is 9.77. The van der Waals surface area contributed by atoms with Gasteiger partial charge in [0, 0.05) is 41.0 Å². The van der Waals surface area contributed by atoms with Crippen molar-refractivity contribution in [1.29, 1.82) is 0 Å². The standard InChI is InChI=1S/C27H29FN2O2/c1-16(2)12-23(31)20-14-30(26(32)18-11-10-17(3)21(28)13-18)15-27(4,5)24-19-8-6-7-9-22(19)29-25(20)24/h6-11,13-14,16,29H,12,15H2,1-5H3. The highest BCUT2D eigenvalue weighted by Crippen LogP contribution is 2.41. The van der Waals surface area contributed by atoms with Crippen molar-refractivity contribution >= 4 is 28.2 Å². The van der Waals surface area contributed by atoms with Gasteiger partial charge in [-0.2, -0.15) is 0 Å². The zero-order valence-electron chi connectivity index (χ0n) is 19.3. The van der Waals surface area contributed by atoms with Crippen LogP contribution in [0.25, 0.3) is 16.5 Å². The van der Waals surface area contributed by atoms with Crippen LogP contribution in [-0.2, 0) is 10.2 Å². The molecule has 0 aliphatic carbocycles. The van der Waals surface area contributed by atoms with Crippen LogP contribution in [0.2, 0.25) is 0 Å². The predicted molar refractivity (Wildman–Crippen MR) is 126 cm³/mol. The highest BCUT2D eigenvalue weighted by molar-refractivity contribution is 6.22. The summed E-state index contributed by atoms with van der Waals surface area (Å²) in [5, 5.41) is 1.05. The van der Waals surface area contributed by atoms with E-state index in [1.165, 1.54) is 6.07 Å². The van der Waals surface area contributed by atoms with Gasteiger partial charge in [0.15, 0.2) is 5.78 Å². The van der Waals surface area contributed by atoms with Crippen molar-refractivity contribution in [3.05, 3.63) is 76.9 Å². The highest BCUT2D eigenvalue weighted by Gasteiger charge is 2.37. The van der Waals surface area contributed by atoms with E-state index in [4.69, 9.17) is 0 Å². The molecule has 0 spiro atoms. The molecule has 1 amide bonds. The van der Waals surface area contributed by atoms with Crippen LogP contribution in [0, 0.1) is 18.7 Å². The van der Waals surface area contributed by atoms with Crippen molar-refractivity contribution in [2.45, 2.75) is 46.5 Å². The quantitative estimate of drug-likeness (QED) is 0.549. The molecule has 5 heteroatoms. The van der Waals surface area contributed by atoms with Gasteiger partial charge in [-0.3, -0.25) is 9.59 Å². The zero-order valence-corrected chi connectivity index (χ0v) is 19.3. The first-order valence-corrected chi connectivity index (χ1v) is 11.0. The summed E-state index contributed by atoms with van der Waals surface area (Å²) in [6.45, 7) is 10.2. The van der Waals surface area contributed by atoms with E-state index >= 15 is 0 Å². The van der Waals surface area contributed by atoms with Crippen molar-refractivity contribution in [2.24, 2.45) is 5.92 Å². The van der Waals surface area contributed by atoms with E-state index in [-0.39, 0.29) is 23.2 Å². The van der Waals surface area contributed by atoms with Gasteiger partial charge >= 0.3 is 0 Å². The van der Waals surface area contributed by atoms with E-state index in [1.807, 2.05) is 38.1 Å². The SMILES string of the molecule is Cc1ccc(C(=O)N2C=C(C(=O)CC(C)C)c3[nH]c4ccccc4c3C(C)(C)C2)cc1F. The number of hydrogen-bond donors (Lipinski definition) is 1. The molecule has 2 aromatic carbocycles. The number of aryl methyl sites for hydroxylation is 1. The predicted octanol–water partition coefficient (Wildman–Crippen LogP) is 6.01. The van der Waals surface area contributed by atoms with E-state index in [2.05, 4.69) is 18.8 Å². The van der Waals surface area contributed by atoms with Gasteiger partial charge in [0.2, 0.25) is 0 Å². The molecule has 0 saturated carbocycles. The van der Waals surface area contributed by atoms with E-state index in [0.717, 1.165) is 22.2 Å². The number of para-hydroxylation sites is 1. The van der Waals surface area contributed by atoms with Gasteiger partial charge in [0.25, 0.3) is 5.91 Å². The molecular weight excluding hydrogens is 403 g/mol. The number of carbonyl (C=O) groups excluding carboxylic acids is 2. The third kappa shape index (κ3) is 3.88. The Kier molecular flexibility index (Phi) is 5.53. The molecule has 166 valence electrons. The van der Waals surface area contributed by atoms with E-state index in [9.17, 15) is 14.0 Å². The van der Waals surface area contributed by atoms with Gasteiger partial charge in [0.1, 0.15) is 5.82 Å². The topological polar surface area (TPSA) is 53.2 Å². The number of carbonyl (C=O) groups is 2. The molecule has 4 rings (SSSR count). The minimum absolute atomic E-state index is 0.0154. The fraction of sp³-hybridized carbons (Fsp3) is 0.333. The second-order valence-electron chi connectivity index (χ2n) is 9.77. The largest absolute Gasteiger partial charge is 0.354 e. The number of allylic oxidation sites excluding steroid dienone is 1. The van der Waals surface area contributed by atoms with E-state index in [1.54, 1.807) is 30.2 Å². The average molecular weight is 433 g/mol. The Balaban J connectivity index is 1.89. The molecule has 0 unspecified atom stereocenters. The van der Waals surface area contributed by atoms with Gasteiger partial charge in [-0.25, -0.2) is 4.39 Å². The van der Waals surface area contributed by atoms with Crippen LogP contribution in [0.3, 0.4) is 0 Å². The molecule has 1 N–H and O–H groups in total. The third-order valence-electron chi connectivity index (χ3n) is 6.08. The molecule has 2 heterocycles. The number of benzene rings is 2. The third-order valence-corrected chi connectivity index (χ3v) is 6.08. The van der Waals surface area contributed by atoms with Gasteiger partial charge in [-0.05, 0) is 42.2 Å². The maximum Gasteiger partial charge on any atom is 0.257 e. The maximum absolute atomic E-state index is 14.2. The summed E-state index contributed by atoms with van der Waals surface area (Å²) < 4.78 is 14.2. The van der Waals surface area contributed by atoms with Crippen LogP contribution < -0.4 is 0 Å². The molecule has 1 aliphatic rings. The lowest BCUT2D eigenvalue weighted by Gasteiger charge is -2.29. The number of rotatable bonds is 4. The number of hydrogen-bond acceptors (Lipinski definition) is 2. The molecule has 0 fully saturated rings. The lowest BCUT2D eigenvalue weighted by atomic mass is 9.81. The molecule has 3 aromatic rings. The van der Waals surface area contributed by atoms with Crippen molar-refractivity contribution in [3.63, 3.8) is 0 Å². The number of Topliss-reactive ketones (excluding diaryl/α,β-unsaturated/α-hetero) is 1. The summed E-state index contributed by atoms with van der Waals surface area (Å²) in [4.78, 5) is 31.8. The Morgan fingerprint density at radius 3 is 2.56 bits per heavy atom. The first-order valence-electron chi connectivity index (χ1n) is 11.0.